The summed E-state index contributed by atoms with van der Waals surface area (Å²) in [6.45, 7) is 4.49. The number of nitrogens with one attached hydrogen (secondary N) is 1. The third-order valence-electron chi connectivity index (χ3n) is 3.05. The fourth-order valence-electron chi connectivity index (χ4n) is 1.94. The Labute approximate surface area is 117 Å². The fourth-order valence-corrected chi connectivity index (χ4v) is 1.94. The number of rotatable bonds is 5. The van der Waals surface area contributed by atoms with Crippen molar-refractivity contribution in [3.8, 4) is 0 Å². The van der Waals surface area contributed by atoms with Crippen LogP contribution in [-0.2, 0) is 6.42 Å². The molecule has 104 valence electrons. The highest BCUT2D eigenvalue weighted by atomic mass is 16.6. The quantitative estimate of drug-likeness (QED) is 0.669. The predicted molar refractivity (Wildman–Crippen MR) is 79.0 cm³/mol. The standard InChI is InChI=1S/C15H17N3O2/c1-11-3-6-15(18(19)20)14(9-11)16-8-7-13-5-4-12(2)17-10-13/h3-6,9-10,16H,7-8H2,1-2H3. The predicted octanol–water partition coefficient (Wildman–Crippen LogP) is 3.26. The lowest BCUT2D eigenvalue weighted by Crippen LogP contribution is -2.07. The minimum Gasteiger partial charge on any atom is -0.379 e. The molecule has 0 aliphatic heterocycles. The van der Waals surface area contributed by atoms with Crippen molar-refractivity contribution in [1.29, 1.82) is 0 Å². The molecule has 0 aliphatic carbocycles. The first-order valence-corrected chi connectivity index (χ1v) is 6.47. The molecule has 0 atom stereocenters. The van der Waals surface area contributed by atoms with Crippen molar-refractivity contribution in [3.63, 3.8) is 0 Å². The van der Waals surface area contributed by atoms with Crippen LogP contribution in [0.4, 0.5) is 11.4 Å². The normalized spacial score (nSPS) is 10.3. The van der Waals surface area contributed by atoms with Crippen LogP contribution in [0.15, 0.2) is 36.5 Å². The van der Waals surface area contributed by atoms with Crippen molar-refractivity contribution in [1.82, 2.24) is 4.98 Å². The molecule has 0 bridgehead atoms. The summed E-state index contributed by atoms with van der Waals surface area (Å²) >= 11 is 0. The molecule has 5 nitrogen and oxygen atoms in total. The monoisotopic (exact) mass is 271 g/mol. The Morgan fingerprint density at radius 1 is 1.25 bits per heavy atom. The number of aryl methyl sites for hydroxylation is 2. The van der Waals surface area contributed by atoms with E-state index in [1.807, 2.05) is 32.2 Å². The number of nitro groups is 1. The van der Waals surface area contributed by atoms with Crippen molar-refractivity contribution in [2.45, 2.75) is 20.3 Å². The zero-order valence-electron chi connectivity index (χ0n) is 11.6. The summed E-state index contributed by atoms with van der Waals surface area (Å²) in [6.07, 6.45) is 2.61. The van der Waals surface area contributed by atoms with E-state index in [0.717, 1.165) is 23.2 Å². The van der Waals surface area contributed by atoms with Crippen LogP contribution in [-0.4, -0.2) is 16.5 Å². The first-order chi connectivity index (χ1) is 9.56. The molecule has 0 fully saturated rings. The van der Waals surface area contributed by atoms with Crippen molar-refractivity contribution in [2.75, 3.05) is 11.9 Å². The molecule has 1 N–H and O–H groups in total. The summed E-state index contributed by atoms with van der Waals surface area (Å²) < 4.78 is 0. The SMILES string of the molecule is Cc1ccc([N+](=O)[O-])c(NCCc2ccc(C)nc2)c1. The molecular formula is C15H17N3O2. The highest BCUT2D eigenvalue weighted by Crippen LogP contribution is 2.25. The Morgan fingerprint density at radius 3 is 2.70 bits per heavy atom. The topological polar surface area (TPSA) is 68.1 Å². The molecule has 0 amide bonds. The first-order valence-electron chi connectivity index (χ1n) is 6.47. The van der Waals surface area contributed by atoms with Crippen LogP contribution in [0.5, 0.6) is 0 Å². The van der Waals surface area contributed by atoms with Gasteiger partial charge in [-0.1, -0.05) is 12.1 Å². The second-order valence-electron chi connectivity index (χ2n) is 4.76. The average molecular weight is 271 g/mol. The molecule has 1 heterocycles. The fraction of sp³-hybridized carbons (Fsp3) is 0.267. The highest BCUT2D eigenvalue weighted by Gasteiger charge is 2.12. The maximum absolute atomic E-state index is 11.0. The maximum Gasteiger partial charge on any atom is 0.292 e. The van der Waals surface area contributed by atoms with Gasteiger partial charge in [-0.2, -0.15) is 0 Å². The van der Waals surface area contributed by atoms with E-state index in [9.17, 15) is 10.1 Å². The third-order valence-corrected chi connectivity index (χ3v) is 3.05. The van der Waals surface area contributed by atoms with Crippen molar-refractivity contribution in [3.05, 3.63) is 63.5 Å². The Hall–Kier alpha value is -2.43. The highest BCUT2D eigenvalue weighted by molar-refractivity contribution is 5.62. The summed E-state index contributed by atoms with van der Waals surface area (Å²) in [7, 11) is 0. The molecule has 1 aromatic heterocycles. The molecule has 1 aromatic carbocycles. The number of benzene rings is 1. The lowest BCUT2D eigenvalue weighted by molar-refractivity contribution is -0.384. The Morgan fingerprint density at radius 2 is 2.05 bits per heavy atom. The summed E-state index contributed by atoms with van der Waals surface area (Å²) in [5.74, 6) is 0. The Balaban J connectivity index is 2.02. The number of pyridine rings is 1. The summed E-state index contributed by atoms with van der Waals surface area (Å²) in [6, 6.07) is 9.06. The largest absolute Gasteiger partial charge is 0.379 e. The van der Waals surface area contributed by atoms with Gasteiger partial charge in [0.05, 0.1) is 4.92 Å². The van der Waals surface area contributed by atoms with Gasteiger partial charge >= 0.3 is 0 Å². The Kier molecular flexibility index (Phi) is 4.30. The van der Waals surface area contributed by atoms with Crippen LogP contribution < -0.4 is 5.32 Å². The van der Waals surface area contributed by atoms with Crippen molar-refractivity contribution < 1.29 is 4.92 Å². The molecule has 0 unspecified atom stereocenters. The number of anilines is 1. The zero-order chi connectivity index (χ0) is 14.5. The van der Waals surface area contributed by atoms with E-state index in [2.05, 4.69) is 10.3 Å². The molecular weight excluding hydrogens is 254 g/mol. The minimum absolute atomic E-state index is 0.109. The summed E-state index contributed by atoms with van der Waals surface area (Å²) in [4.78, 5) is 14.8. The van der Waals surface area contributed by atoms with E-state index >= 15 is 0 Å². The van der Waals surface area contributed by atoms with Gasteiger partial charge in [-0.15, -0.1) is 0 Å². The maximum atomic E-state index is 11.0. The van der Waals surface area contributed by atoms with E-state index in [1.54, 1.807) is 12.1 Å². The van der Waals surface area contributed by atoms with Crippen LogP contribution in [0, 0.1) is 24.0 Å². The molecule has 0 spiro atoms. The van der Waals surface area contributed by atoms with E-state index in [-0.39, 0.29) is 10.6 Å². The van der Waals surface area contributed by atoms with Gasteiger partial charge in [0.25, 0.3) is 5.69 Å². The molecule has 0 saturated carbocycles. The van der Waals surface area contributed by atoms with Gasteiger partial charge in [-0.25, -0.2) is 0 Å². The van der Waals surface area contributed by atoms with Gasteiger partial charge in [0.1, 0.15) is 5.69 Å². The molecule has 0 saturated heterocycles. The number of aromatic nitrogens is 1. The summed E-state index contributed by atoms with van der Waals surface area (Å²) in [5.41, 5.74) is 3.76. The van der Waals surface area contributed by atoms with Crippen LogP contribution in [0.1, 0.15) is 16.8 Å². The number of nitrogens with zero attached hydrogens (tertiary/aromatic N) is 2. The van der Waals surface area contributed by atoms with Crippen LogP contribution in [0.25, 0.3) is 0 Å². The second-order valence-corrected chi connectivity index (χ2v) is 4.76. The smallest absolute Gasteiger partial charge is 0.292 e. The first kappa shape index (κ1) is 14.0. The lowest BCUT2D eigenvalue weighted by atomic mass is 10.1. The number of hydrogen-bond acceptors (Lipinski definition) is 4. The summed E-state index contributed by atoms with van der Waals surface area (Å²) in [5, 5.41) is 14.1. The van der Waals surface area contributed by atoms with Crippen LogP contribution in [0.2, 0.25) is 0 Å². The van der Waals surface area contributed by atoms with Gasteiger partial charge in [0.2, 0.25) is 0 Å². The third kappa shape index (κ3) is 3.54. The van der Waals surface area contributed by atoms with Gasteiger partial charge in [0.15, 0.2) is 0 Å². The van der Waals surface area contributed by atoms with Crippen LogP contribution >= 0.6 is 0 Å². The van der Waals surface area contributed by atoms with Crippen molar-refractivity contribution in [2.24, 2.45) is 0 Å². The molecule has 2 aromatic rings. The van der Waals surface area contributed by atoms with Crippen LogP contribution in [0.3, 0.4) is 0 Å². The molecule has 2 rings (SSSR count). The molecule has 5 heteroatoms. The average Bonchev–Trinajstić information content (AvgIpc) is 2.41. The van der Waals surface area contributed by atoms with E-state index < -0.39 is 0 Å². The van der Waals surface area contributed by atoms with Gasteiger partial charge in [0, 0.05) is 24.5 Å². The van der Waals surface area contributed by atoms with Crippen molar-refractivity contribution >= 4 is 11.4 Å². The number of hydrogen-bond donors (Lipinski definition) is 1. The Bertz CT molecular complexity index is 609. The van der Waals surface area contributed by atoms with Gasteiger partial charge in [-0.05, 0) is 43.5 Å². The number of nitro benzene ring substituents is 1. The lowest BCUT2D eigenvalue weighted by Gasteiger charge is -2.08. The molecule has 20 heavy (non-hydrogen) atoms. The molecule has 0 radical (unpaired) electrons. The zero-order valence-corrected chi connectivity index (χ0v) is 11.6. The second kappa shape index (κ2) is 6.14. The van der Waals surface area contributed by atoms with Gasteiger partial charge in [-0.3, -0.25) is 15.1 Å². The minimum atomic E-state index is -0.366. The van der Waals surface area contributed by atoms with E-state index in [1.165, 1.54) is 6.07 Å². The molecule has 0 aliphatic rings. The van der Waals surface area contributed by atoms with E-state index in [0.29, 0.717) is 12.2 Å². The van der Waals surface area contributed by atoms with E-state index in [4.69, 9.17) is 0 Å². The van der Waals surface area contributed by atoms with Gasteiger partial charge < -0.3 is 5.32 Å².